The van der Waals surface area contributed by atoms with Gasteiger partial charge in [-0.05, 0) is 36.4 Å². The van der Waals surface area contributed by atoms with E-state index in [1.54, 1.807) is 36.4 Å². The third-order valence-electron chi connectivity index (χ3n) is 3.96. The molecule has 0 aliphatic heterocycles. The van der Waals surface area contributed by atoms with Gasteiger partial charge < -0.3 is 19.2 Å². The average Bonchev–Trinajstić information content (AvgIpc) is 3.16. The van der Waals surface area contributed by atoms with Crippen molar-refractivity contribution in [3.05, 3.63) is 72.2 Å². The summed E-state index contributed by atoms with van der Waals surface area (Å²) in [5.74, 6) is 0.354. The molecule has 1 N–H and O–H groups in total. The fourth-order valence-electron chi connectivity index (χ4n) is 2.58. The first kappa shape index (κ1) is 19.5. The highest BCUT2D eigenvalue weighted by Crippen LogP contribution is 2.30. The smallest absolute Gasteiger partial charge is 0.291 e. The van der Waals surface area contributed by atoms with Gasteiger partial charge in [0.05, 0.1) is 19.1 Å². The summed E-state index contributed by atoms with van der Waals surface area (Å²) in [5, 5.41) is 2.67. The van der Waals surface area contributed by atoms with Crippen LogP contribution >= 0.6 is 0 Å². The highest BCUT2D eigenvalue weighted by atomic mass is 32.2. The Kier molecular flexibility index (Phi) is 5.70. The Hall–Kier alpha value is -3.26. The van der Waals surface area contributed by atoms with Gasteiger partial charge in [-0.3, -0.25) is 4.79 Å². The number of hydrogen-bond donors (Lipinski definition) is 1. The fourth-order valence-corrected chi connectivity index (χ4v) is 3.85. The van der Waals surface area contributed by atoms with E-state index in [4.69, 9.17) is 13.9 Å². The number of furan rings is 1. The fraction of sp³-hybridized carbons (Fsp3) is 0.150. The molecule has 0 radical (unpaired) electrons. The molecular formula is C20H19NO6S. The Morgan fingerprint density at radius 3 is 2.36 bits per heavy atom. The van der Waals surface area contributed by atoms with Gasteiger partial charge in [-0.15, -0.1) is 0 Å². The summed E-state index contributed by atoms with van der Waals surface area (Å²) >= 11 is 0. The number of ether oxygens (including phenoxy) is 2. The molecule has 146 valence electrons. The normalized spacial score (nSPS) is 11.1. The largest absolute Gasteiger partial charge is 0.493 e. The molecule has 1 aromatic heterocycles. The van der Waals surface area contributed by atoms with Gasteiger partial charge in [-0.2, -0.15) is 0 Å². The van der Waals surface area contributed by atoms with Gasteiger partial charge in [0.1, 0.15) is 11.5 Å². The van der Waals surface area contributed by atoms with Gasteiger partial charge in [0.25, 0.3) is 5.91 Å². The summed E-state index contributed by atoms with van der Waals surface area (Å²) < 4.78 is 40.6. The van der Waals surface area contributed by atoms with Gasteiger partial charge in [-0.1, -0.05) is 18.2 Å². The van der Waals surface area contributed by atoms with E-state index in [0.29, 0.717) is 17.2 Å². The summed E-state index contributed by atoms with van der Waals surface area (Å²) in [5.41, 5.74) is 0.484. The Morgan fingerprint density at radius 1 is 0.964 bits per heavy atom. The zero-order valence-electron chi connectivity index (χ0n) is 15.3. The highest BCUT2D eigenvalue weighted by Gasteiger charge is 2.19. The van der Waals surface area contributed by atoms with E-state index in [9.17, 15) is 13.2 Å². The number of anilines is 1. The molecule has 2 aromatic carbocycles. The van der Waals surface area contributed by atoms with Crippen LogP contribution in [0.15, 0.2) is 70.0 Å². The lowest BCUT2D eigenvalue weighted by Gasteiger charge is -2.10. The number of sulfone groups is 1. The first-order valence-corrected chi connectivity index (χ1v) is 9.98. The molecule has 0 bridgehead atoms. The number of rotatable bonds is 7. The molecular weight excluding hydrogens is 382 g/mol. The molecule has 0 fully saturated rings. The molecule has 0 unspecified atom stereocenters. The van der Waals surface area contributed by atoms with Crippen molar-refractivity contribution < 1.29 is 27.1 Å². The molecule has 7 nitrogen and oxygen atoms in total. The summed E-state index contributed by atoms with van der Waals surface area (Å²) in [7, 11) is -0.544. The Morgan fingerprint density at radius 2 is 1.68 bits per heavy atom. The predicted octanol–water partition coefficient (Wildman–Crippen LogP) is 3.52. The number of carbonyl (C=O) groups is 1. The van der Waals surface area contributed by atoms with Gasteiger partial charge in [-0.25, -0.2) is 8.42 Å². The maximum Gasteiger partial charge on any atom is 0.291 e. The number of carbonyl (C=O) groups excluding carboxylic acids is 1. The second-order valence-electron chi connectivity index (χ2n) is 5.86. The molecule has 0 spiro atoms. The summed E-state index contributed by atoms with van der Waals surface area (Å²) in [6.45, 7) is 0. The second-order valence-corrected chi connectivity index (χ2v) is 7.85. The van der Waals surface area contributed by atoms with Crippen LogP contribution < -0.4 is 14.8 Å². The number of amides is 1. The third kappa shape index (κ3) is 4.34. The lowest BCUT2D eigenvalue weighted by atomic mass is 10.2. The maximum absolute atomic E-state index is 12.4. The van der Waals surface area contributed by atoms with Crippen molar-refractivity contribution in [2.45, 2.75) is 10.6 Å². The minimum absolute atomic E-state index is 0.00745. The number of nitrogens with one attached hydrogen (secondary N) is 1. The van der Waals surface area contributed by atoms with E-state index < -0.39 is 15.7 Å². The summed E-state index contributed by atoms with van der Waals surface area (Å²) in [4.78, 5) is 12.6. The number of hydrogen-bond acceptors (Lipinski definition) is 6. The average molecular weight is 401 g/mol. The summed E-state index contributed by atoms with van der Waals surface area (Å²) in [6, 6.07) is 15.9. The van der Waals surface area contributed by atoms with Crippen LogP contribution in [0.4, 0.5) is 5.69 Å². The zero-order valence-corrected chi connectivity index (χ0v) is 16.2. The standard InChI is InChI=1S/C20H19NO6S/c1-25-17-10-8-14(12-19(17)26-2)21-20(22)18-11-9-15(27-18)13-28(23,24)16-6-4-3-5-7-16/h3-12H,13H2,1-2H3,(H,21,22). The van der Waals surface area contributed by atoms with Crippen molar-refractivity contribution in [3.8, 4) is 11.5 Å². The van der Waals surface area contributed by atoms with Crippen LogP contribution in [-0.2, 0) is 15.6 Å². The van der Waals surface area contributed by atoms with E-state index in [1.807, 2.05) is 0 Å². The topological polar surface area (TPSA) is 94.8 Å². The monoisotopic (exact) mass is 401 g/mol. The maximum atomic E-state index is 12.4. The van der Waals surface area contributed by atoms with Crippen molar-refractivity contribution in [1.29, 1.82) is 0 Å². The van der Waals surface area contributed by atoms with Crippen LogP contribution in [0, 0.1) is 0 Å². The van der Waals surface area contributed by atoms with E-state index in [2.05, 4.69) is 5.32 Å². The molecule has 28 heavy (non-hydrogen) atoms. The predicted molar refractivity (Wildman–Crippen MR) is 104 cm³/mol. The van der Waals surface area contributed by atoms with Gasteiger partial charge in [0.2, 0.25) is 0 Å². The van der Waals surface area contributed by atoms with Gasteiger partial charge >= 0.3 is 0 Å². The Bertz CT molecular complexity index is 1070. The van der Waals surface area contributed by atoms with Gasteiger partial charge in [0.15, 0.2) is 27.1 Å². The van der Waals surface area contributed by atoms with Crippen molar-refractivity contribution in [1.82, 2.24) is 0 Å². The lowest BCUT2D eigenvalue weighted by molar-refractivity contribution is 0.0995. The SMILES string of the molecule is COc1ccc(NC(=O)c2ccc(CS(=O)(=O)c3ccccc3)o2)cc1OC. The molecule has 0 saturated heterocycles. The second kappa shape index (κ2) is 8.18. The van der Waals surface area contributed by atoms with Crippen LogP contribution in [0.5, 0.6) is 11.5 Å². The van der Waals surface area contributed by atoms with Crippen molar-refractivity contribution in [2.24, 2.45) is 0 Å². The van der Waals surface area contributed by atoms with Crippen molar-refractivity contribution in [3.63, 3.8) is 0 Å². The van der Waals surface area contributed by atoms with E-state index in [0.717, 1.165) is 0 Å². The van der Waals surface area contributed by atoms with Crippen LogP contribution in [0.25, 0.3) is 0 Å². The van der Waals surface area contributed by atoms with E-state index in [1.165, 1.54) is 38.5 Å². The molecule has 3 rings (SSSR count). The zero-order chi connectivity index (χ0) is 20.1. The first-order chi connectivity index (χ1) is 13.4. The van der Waals surface area contributed by atoms with Crippen molar-refractivity contribution in [2.75, 3.05) is 19.5 Å². The first-order valence-electron chi connectivity index (χ1n) is 8.33. The van der Waals surface area contributed by atoms with Gasteiger partial charge in [0, 0.05) is 11.8 Å². The quantitative estimate of drug-likeness (QED) is 0.651. The van der Waals surface area contributed by atoms with E-state index in [-0.39, 0.29) is 22.2 Å². The van der Waals surface area contributed by atoms with Crippen LogP contribution in [-0.4, -0.2) is 28.5 Å². The van der Waals surface area contributed by atoms with Crippen LogP contribution in [0.2, 0.25) is 0 Å². The molecule has 0 atom stereocenters. The molecule has 8 heteroatoms. The summed E-state index contributed by atoms with van der Waals surface area (Å²) in [6.07, 6.45) is 0. The lowest BCUT2D eigenvalue weighted by Crippen LogP contribution is -2.11. The molecule has 3 aromatic rings. The molecule has 0 aliphatic carbocycles. The van der Waals surface area contributed by atoms with Crippen LogP contribution in [0.3, 0.4) is 0 Å². The Balaban J connectivity index is 1.72. The van der Waals surface area contributed by atoms with Crippen molar-refractivity contribution >= 4 is 21.4 Å². The minimum atomic E-state index is -3.56. The third-order valence-corrected chi connectivity index (χ3v) is 5.62. The number of methoxy groups -OCH3 is 2. The van der Waals surface area contributed by atoms with E-state index >= 15 is 0 Å². The Labute approximate surface area is 162 Å². The molecule has 0 aliphatic rings. The number of benzene rings is 2. The molecule has 1 heterocycles. The minimum Gasteiger partial charge on any atom is -0.493 e. The molecule has 1 amide bonds. The van der Waals surface area contributed by atoms with Crippen LogP contribution in [0.1, 0.15) is 16.3 Å². The highest BCUT2D eigenvalue weighted by molar-refractivity contribution is 7.90. The molecule has 0 saturated carbocycles.